The Morgan fingerprint density at radius 1 is 1.16 bits per heavy atom. The number of H-pyrrole nitrogens is 2. The Bertz CT molecular complexity index is 1140. The van der Waals surface area contributed by atoms with Crippen LogP contribution in [0.5, 0.6) is 0 Å². The molecule has 0 radical (unpaired) electrons. The van der Waals surface area contributed by atoms with Crippen molar-refractivity contribution in [1.82, 2.24) is 19.7 Å². The molecule has 2 heterocycles. The topological polar surface area (TPSA) is 104 Å². The number of rotatable bonds is 4. The Hall–Kier alpha value is -3.61. The van der Waals surface area contributed by atoms with Crippen molar-refractivity contribution in [2.75, 3.05) is 0 Å². The van der Waals surface area contributed by atoms with Gasteiger partial charge >= 0.3 is 11.7 Å². The molecule has 25 heavy (non-hydrogen) atoms. The van der Waals surface area contributed by atoms with Crippen LogP contribution in [0, 0.1) is 0 Å². The number of benzene rings is 2. The Labute approximate surface area is 141 Å². The van der Waals surface area contributed by atoms with Crippen molar-refractivity contribution in [2.45, 2.75) is 6.42 Å². The van der Waals surface area contributed by atoms with E-state index < -0.39 is 11.7 Å². The van der Waals surface area contributed by atoms with Gasteiger partial charge in [-0.15, -0.1) is 0 Å². The van der Waals surface area contributed by atoms with Gasteiger partial charge in [-0.3, -0.25) is 0 Å². The van der Waals surface area contributed by atoms with Gasteiger partial charge in [0.1, 0.15) is 5.82 Å². The summed E-state index contributed by atoms with van der Waals surface area (Å²) < 4.78 is 1.40. The van der Waals surface area contributed by atoms with Crippen molar-refractivity contribution < 1.29 is 9.90 Å². The molecule has 0 aliphatic carbocycles. The molecule has 0 spiro atoms. The van der Waals surface area contributed by atoms with E-state index in [4.69, 9.17) is 5.11 Å². The summed E-state index contributed by atoms with van der Waals surface area (Å²) in [5, 5.41) is 16.8. The molecule has 0 atom stereocenters. The molecular formula is C18H14N4O3. The van der Waals surface area contributed by atoms with Crippen molar-refractivity contribution in [2.24, 2.45) is 0 Å². The first-order chi connectivity index (χ1) is 12.1. The second-order valence-electron chi connectivity index (χ2n) is 5.67. The third-order valence-corrected chi connectivity index (χ3v) is 4.12. The van der Waals surface area contributed by atoms with Gasteiger partial charge in [0.15, 0.2) is 0 Å². The lowest BCUT2D eigenvalue weighted by atomic mass is 10.1. The molecule has 7 heteroatoms. The molecule has 3 N–H and O–H groups in total. The lowest BCUT2D eigenvalue weighted by Crippen LogP contribution is -2.17. The summed E-state index contributed by atoms with van der Waals surface area (Å²) in [4.78, 5) is 26.6. The summed E-state index contributed by atoms with van der Waals surface area (Å²) in [6.45, 7) is 0. The second kappa shape index (κ2) is 5.79. The van der Waals surface area contributed by atoms with Gasteiger partial charge in [-0.2, -0.15) is 5.10 Å². The Kier molecular flexibility index (Phi) is 3.46. The van der Waals surface area contributed by atoms with Gasteiger partial charge in [-0.05, 0) is 29.8 Å². The van der Waals surface area contributed by atoms with Gasteiger partial charge in [-0.1, -0.05) is 24.3 Å². The molecule has 4 aromatic rings. The highest BCUT2D eigenvalue weighted by Crippen LogP contribution is 2.21. The van der Waals surface area contributed by atoms with Crippen LogP contribution >= 0.6 is 0 Å². The van der Waals surface area contributed by atoms with E-state index in [1.807, 2.05) is 30.5 Å². The summed E-state index contributed by atoms with van der Waals surface area (Å²) >= 11 is 0. The van der Waals surface area contributed by atoms with Crippen molar-refractivity contribution in [3.05, 3.63) is 82.2 Å². The van der Waals surface area contributed by atoms with E-state index in [0.29, 0.717) is 17.9 Å². The number of nitrogens with zero attached hydrogens (tertiary/aromatic N) is 2. The summed E-state index contributed by atoms with van der Waals surface area (Å²) in [6.07, 6.45) is 2.32. The Morgan fingerprint density at radius 2 is 2.00 bits per heavy atom. The van der Waals surface area contributed by atoms with E-state index in [1.165, 1.54) is 16.7 Å². The van der Waals surface area contributed by atoms with Crippen LogP contribution in [0.4, 0.5) is 0 Å². The Morgan fingerprint density at radius 3 is 2.84 bits per heavy atom. The third-order valence-electron chi connectivity index (χ3n) is 4.12. The second-order valence-corrected chi connectivity index (χ2v) is 5.67. The molecule has 0 unspecified atom stereocenters. The maximum atomic E-state index is 12.2. The maximum Gasteiger partial charge on any atom is 0.347 e. The average molecular weight is 334 g/mol. The zero-order valence-electron chi connectivity index (χ0n) is 13.1. The molecule has 2 aromatic heterocycles. The number of fused-ring (bicyclic) bond motifs is 1. The van der Waals surface area contributed by atoms with Gasteiger partial charge in [0, 0.05) is 23.5 Å². The minimum absolute atomic E-state index is 0.114. The maximum absolute atomic E-state index is 12.2. The van der Waals surface area contributed by atoms with Crippen LogP contribution in [0.1, 0.15) is 21.7 Å². The zero-order valence-corrected chi connectivity index (χ0v) is 13.1. The first kappa shape index (κ1) is 14.9. The van der Waals surface area contributed by atoms with Crippen molar-refractivity contribution in [1.29, 1.82) is 0 Å². The number of aromatic nitrogens is 4. The fraction of sp³-hybridized carbons (Fsp3) is 0.0556. The van der Waals surface area contributed by atoms with E-state index >= 15 is 0 Å². The number of carboxylic acid groups (broad SMARTS) is 1. The molecule has 0 amide bonds. The number of hydrogen-bond acceptors (Lipinski definition) is 3. The smallest absolute Gasteiger partial charge is 0.347 e. The minimum atomic E-state index is -1.04. The predicted octanol–water partition coefficient (Wildman–Crippen LogP) is 2.33. The van der Waals surface area contributed by atoms with Gasteiger partial charge in [0.25, 0.3) is 0 Å². The predicted molar refractivity (Wildman–Crippen MR) is 92.2 cm³/mol. The number of hydrogen-bond donors (Lipinski definition) is 3. The highest BCUT2D eigenvalue weighted by Gasteiger charge is 2.14. The van der Waals surface area contributed by atoms with Crippen molar-refractivity contribution in [3.63, 3.8) is 0 Å². The van der Waals surface area contributed by atoms with E-state index in [9.17, 15) is 9.59 Å². The molecule has 0 bridgehead atoms. The molecule has 0 aliphatic heterocycles. The van der Waals surface area contributed by atoms with Crippen LogP contribution in [-0.2, 0) is 6.42 Å². The SMILES string of the molecule is O=C(O)c1cccc(-n2c(Cc3c[nH]c4ccccc34)n[nH]c2=O)c1. The van der Waals surface area contributed by atoms with E-state index in [0.717, 1.165) is 16.5 Å². The first-order valence-electron chi connectivity index (χ1n) is 7.68. The van der Waals surface area contributed by atoms with Crippen LogP contribution in [-0.4, -0.2) is 30.8 Å². The number of aromatic carboxylic acids is 1. The van der Waals surface area contributed by atoms with Gasteiger partial charge in [-0.25, -0.2) is 19.3 Å². The first-order valence-corrected chi connectivity index (χ1v) is 7.68. The number of aromatic amines is 2. The molecule has 2 aromatic carbocycles. The van der Waals surface area contributed by atoms with Gasteiger partial charge in [0.05, 0.1) is 11.3 Å². The van der Waals surface area contributed by atoms with Crippen LogP contribution in [0.25, 0.3) is 16.6 Å². The molecular weight excluding hydrogens is 320 g/mol. The van der Waals surface area contributed by atoms with Crippen LogP contribution in [0.15, 0.2) is 59.5 Å². The fourth-order valence-electron chi connectivity index (χ4n) is 2.94. The van der Waals surface area contributed by atoms with Crippen LogP contribution in [0.3, 0.4) is 0 Å². The molecule has 0 aliphatic rings. The molecule has 0 saturated heterocycles. The molecule has 0 fully saturated rings. The lowest BCUT2D eigenvalue weighted by molar-refractivity contribution is 0.0697. The average Bonchev–Trinajstić information content (AvgIpc) is 3.19. The molecule has 7 nitrogen and oxygen atoms in total. The number of carbonyl (C=O) groups is 1. The van der Waals surface area contributed by atoms with Crippen LogP contribution in [0.2, 0.25) is 0 Å². The monoisotopic (exact) mass is 334 g/mol. The zero-order chi connectivity index (χ0) is 17.4. The summed E-state index contributed by atoms with van der Waals surface area (Å²) in [5.74, 6) is -0.533. The molecule has 0 saturated carbocycles. The largest absolute Gasteiger partial charge is 0.478 e. The highest BCUT2D eigenvalue weighted by molar-refractivity contribution is 5.88. The third kappa shape index (κ3) is 2.61. The summed E-state index contributed by atoms with van der Waals surface area (Å²) in [7, 11) is 0. The van der Waals surface area contributed by atoms with E-state index in [-0.39, 0.29) is 5.56 Å². The van der Waals surface area contributed by atoms with Gasteiger partial charge < -0.3 is 10.1 Å². The Balaban J connectivity index is 1.79. The number of nitrogens with one attached hydrogen (secondary N) is 2. The van der Waals surface area contributed by atoms with E-state index in [1.54, 1.807) is 12.1 Å². The van der Waals surface area contributed by atoms with Crippen molar-refractivity contribution in [3.8, 4) is 5.69 Å². The number of carboxylic acids is 1. The molecule has 4 rings (SSSR count). The van der Waals surface area contributed by atoms with E-state index in [2.05, 4.69) is 15.2 Å². The fourth-order valence-corrected chi connectivity index (χ4v) is 2.94. The number of para-hydroxylation sites is 1. The normalized spacial score (nSPS) is 11.0. The van der Waals surface area contributed by atoms with Crippen molar-refractivity contribution >= 4 is 16.9 Å². The standard InChI is InChI=1S/C18H14N4O3/c23-17(24)11-4-3-5-13(8-11)22-16(20-21-18(22)25)9-12-10-19-15-7-2-1-6-14(12)15/h1-8,10,19H,9H2,(H,21,25)(H,23,24). The summed E-state index contributed by atoms with van der Waals surface area (Å²) in [6, 6.07) is 14.1. The highest BCUT2D eigenvalue weighted by atomic mass is 16.4. The minimum Gasteiger partial charge on any atom is -0.478 e. The van der Waals surface area contributed by atoms with Gasteiger partial charge in [0.2, 0.25) is 0 Å². The lowest BCUT2D eigenvalue weighted by Gasteiger charge is -2.06. The summed E-state index contributed by atoms with van der Waals surface area (Å²) in [5.41, 5.74) is 2.19. The molecule has 124 valence electrons. The quantitative estimate of drug-likeness (QED) is 0.533. The van der Waals surface area contributed by atoms with Crippen LogP contribution < -0.4 is 5.69 Å².